The van der Waals surface area contributed by atoms with E-state index in [1.165, 1.54) is 11.5 Å². The van der Waals surface area contributed by atoms with Crippen LogP contribution in [0.25, 0.3) is 0 Å². The summed E-state index contributed by atoms with van der Waals surface area (Å²) in [5, 5.41) is 8.52. The molecule has 0 spiro atoms. The Morgan fingerprint density at radius 3 is 2.08 bits per heavy atom. The highest BCUT2D eigenvalue weighted by Gasteiger charge is 2.11. The molecule has 1 aromatic rings. The van der Waals surface area contributed by atoms with Crippen LogP contribution >= 0.6 is 11.5 Å². The van der Waals surface area contributed by atoms with Gasteiger partial charge in [0.25, 0.3) is 0 Å². The lowest BCUT2D eigenvalue weighted by Gasteiger charge is -1.87. The fraction of sp³-hybridized carbons (Fsp3) is 0.500. The summed E-state index contributed by atoms with van der Waals surface area (Å²) in [7, 11) is 0. The van der Waals surface area contributed by atoms with Crippen molar-refractivity contribution in [3.8, 4) is 0 Å². The van der Waals surface area contributed by atoms with E-state index in [0.29, 0.717) is 0 Å². The van der Waals surface area contributed by atoms with Crippen molar-refractivity contribution in [2.45, 2.75) is 27.7 Å². The summed E-state index contributed by atoms with van der Waals surface area (Å²) in [6.45, 7) is 7.63. The molecule has 4 heteroatoms. The van der Waals surface area contributed by atoms with E-state index >= 15 is 0 Å². The predicted octanol–water partition coefficient (Wildman–Crippen LogP) is 2.48. The number of hydrogen-bond donors (Lipinski definition) is 1. The molecule has 0 radical (unpaired) electrons. The maximum absolute atomic E-state index is 10.4. The van der Waals surface area contributed by atoms with Crippen LogP contribution in [0, 0.1) is 13.8 Å². The summed E-state index contributed by atoms with van der Waals surface area (Å²) in [4.78, 5) is 11.3. The van der Waals surface area contributed by atoms with E-state index in [1.807, 2.05) is 20.8 Å². The first-order valence-electron chi connectivity index (χ1n) is 3.79. The normalized spacial score (nSPS) is 8.67. The van der Waals surface area contributed by atoms with Gasteiger partial charge in [-0.15, -0.1) is 0 Å². The zero-order valence-electron chi connectivity index (χ0n) is 7.71. The lowest BCUT2D eigenvalue weighted by atomic mass is 10.2. The van der Waals surface area contributed by atoms with Crippen molar-refractivity contribution in [2.24, 2.45) is 0 Å². The number of rotatable bonds is 1. The summed E-state index contributed by atoms with van der Waals surface area (Å²) in [5.41, 5.74) is 0.958. The molecule has 12 heavy (non-hydrogen) atoms. The molecule has 1 N–H and O–H groups in total. The second-order valence-corrected chi connectivity index (χ2v) is 3.00. The first-order valence-corrected chi connectivity index (χ1v) is 4.56. The first-order chi connectivity index (χ1) is 5.63. The number of carboxylic acid groups (broad SMARTS) is 1. The van der Waals surface area contributed by atoms with Crippen molar-refractivity contribution in [3.05, 3.63) is 16.1 Å². The highest BCUT2D eigenvalue weighted by atomic mass is 32.1. The van der Waals surface area contributed by atoms with Crippen LogP contribution in [0.15, 0.2) is 0 Å². The van der Waals surface area contributed by atoms with Crippen LogP contribution in [0.5, 0.6) is 0 Å². The number of hydrogen-bond acceptors (Lipinski definition) is 3. The number of carbonyl (C=O) groups is 1. The molecule has 3 nitrogen and oxygen atoms in total. The van der Waals surface area contributed by atoms with Gasteiger partial charge in [0.2, 0.25) is 0 Å². The molecule has 1 rings (SSSR count). The molecule has 0 fully saturated rings. The molecule has 68 valence electrons. The molecule has 0 aromatic carbocycles. The molecule has 0 amide bonds. The minimum absolute atomic E-state index is 0.183. The number of aromatic carboxylic acids is 1. The molecule has 0 saturated carbocycles. The van der Waals surface area contributed by atoms with Crippen molar-refractivity contribution in [3.63, 3.8) is 0 Å². The van der Waals surface area contributed by atoms with Crippen LogP contribution < -0.4 is 0 Å². The van der Waals surface area contributed by atoms with Gasteiger partial charge in [-0.25, -0.2) is 4.79 Å². The summed E-state index contributed by atoms with van der Waals surface area (Å²) in [6, 6.07) is 0. The standard InChI is InChI=1S/C6H7NO2S.C2H6/c1-3-4(2)10-7-5(3)6(8)9;1-2/h1-2H3,(H,8,9);1-2H3. The molecule has 0 aliphatic heterocycles. The van der Waals surface area contributed by atoms with Gasteiger partial charge in [0.15, 0.2) is 5.69 Å². The number of nitrogens with zero attached hydrogens (tertiary/aromatic N) is 1. The smallest absolute Gasteiger partial charge is 0.355 e. The maximum Gasteiger partial charge on any atom is 0.355 e. The third-order valence-electron chi connectivity index (χ3n) is 1.36. The zero-order chi connectivity index (χ0) is 9.72. The molecule has 0 unspecified atom stereocenters. The Hall–Kier alpha value is -0.900. The van der Waals surface area contributed by atoms with Crippen molar-refractivity contribution in [1.29, 1.82) is 0 Å². The van der Waals surface area contributed by atoms with Gasteiger partial charge < -0.3 is 5.11 Å². The minimum Gasteiger partial charge on any atom is -0.476 e. The average Bonchev–Trinajstić information content (AvgIpc) is 2.37. The molecule has 0 aliphatic rings. The van der Waals surface area contributed by atoms with E-state index in [9.17, 15) is 4.79 Å². The van der Waals surface area contributed by atoms with Gasteiger partial charge in [-0.3, -0.25) is 0 Å². The lowest BCUT2D eigenvalue weighted by molar-refractivity contribution is 0.0691. The Kier molecular flexibility index (Phi) is 4.51. The second-order valence-electron chi connectivity index (χ2n) is 2.02. The predicted molar refractivity (Wildman–Crippen MR) is 49.9 cm³/mol. The van der Waals surface area contributed by atoms with Gasteiger partial charge in [0.05, 0.1) is 0 Å². The molecular formula is C8H13NO2S. The fourth-order valence-electron chi connectivity index (χ4n) is 0.617. The van der Waals surface area contributed by atoms with E-state index in [2.05, 4.69) is 4.37 Å². The largest absolute Gasteiger partial charge is 0.476 e. The Bertz CT molecular complexity index is 268. The molecule has 1 aromatic heterocycles. The first kappa shape index (κ1) is 11.1. The molecule has 0 bridgehead atoms. The minimum atomic E-state index is -0.943. The van der Waals surface area contributed by atoms with Gasteiger partial charge in [0, 0.05) is 4.88 Å². The van der Waals surface area contributed by atoms with Crippen molar-refractivity contribution in [1.82, 2.24) is 4.37 Å². The van der Waals surface area contributed by atoms with E-state index in [0.717, 1.165) is 10.4 Å². The monoisotopic (exact) mass is 187 g/mol. The summed E-state index contributed by atoms with van der Waals surface area (Å²) in [5.74, 6) is -0.943. The van der Waals surface area contributed by atoms with Crippen LogP contribution in [0.4, 0.5) is 0 Å². The van der Waals surface area contributed by atoms with Crippen LogP contribution in [0.3, 0.4) is 0 Å². The lowest BCUT2D eigenvalue weighted by Crippen LogP contribution is -1.98. The van der Waals surface area contributed by atoms with E-state index in [-0.39, 0.29) is 5.69 Å². The van der Waals surface area contributed by atoms with E-state index in [4.69, 9.17) is 5.11 Å². The summed E-state index contributed by atoms with van der Waals surface area (Å²) >= 11 is 1.23. The van der Waals surface area contributed by atoms with Gasteiger partial charge >= 0.3 is 5.97 Å². The maximum atomic E-state index is 10.4. The Morgan fingerprint density at radius 1 is 1.42 bits per heavy atom. The zero-order valence-corrected chi connectivity index (χ0v) is 8.53. The molecule has 0 saturated heterocycles. The Morgan fingerprint density at radius 2 is 1.92 bits per heavy atom. The molecule has 0 atom stereocenters. The van der Waals surface area contributed by atoms with Gasteiger partial charge in [-0.2, -0.15) is 4.37 Å². The number of carboxylic acids is 1. The Balaban J connectivity index is 0.000000561. The van der Waals surface area contributed by atoms with Crippen molar-refractivity contribution >= 4 is 17.5 Å². The number of aromatic nitrogens is 1. The van der Waals surface area contributed by atoms with Crippen LogP contribution in [0.1, 0.15) is 34.8 Å². The number of aryl methyl sites for hydroxylation is 1. The third kappa shape index (κ3) is 2.30. The van der Waals surface area contributed by atoms with Crippen molar-refractivity contribution < 1.29 is 9.90 Å². The summed E-state index contributed by atoms with van der Waals surface area (Å²) in [6.07, 6.45) is 0. The SMILES string of the molecule is CC.Cc1snc(C(=O)O)c1C. The summed E-state index contributed by atoms with van der Waals surface area (Å²) < 4.78 is 3.76. The second kappa shape index (κ2) is 4.87. The fourth-order valence-corrected chi connectivity index (χ4v) is 1.29. The molecular weight excluding hydrogens is 174 g/mol. The highest BCUT2D eigenvalue weighted by Crippen LogP contribution is 2.15. The average molecular weight is 187 g/mol. The quantitative estimate of drug-likeness (QED) is 0.734. The molecule has 1 heterocycles. The van der Waals surface area contributed by atoms with Gasteiger partial charge in [-0.1, -0.05) is 13.8 Å². The van der Waals surface area contributed by atoms with Crippen LogP contribution in [-0.4, -0.2) is 15.4 Å². The van der Waals surface area contributed by atoms with Crippen molar-refractivity contribution in [2.75, 3.05) is 0 Å². The van der Waals surface area contributed by atoms with E-state index in [1.54, 1.807) is 6.92 Å². The van der Waals surface area contributed by atoms with Crippen LogP contribution in [0.2, 0.25) is 0 Å². The van der Waals surface area contributed by atoms with Gasteiger partial charge in [0.1, 0.15) is 0 Å². The topological polar surface area (TPSA) is 50.2 Å². The molecule has 0 aliphatic carbocycles. The third-order valence-corrected chi connectivity index (χ3v) is 2.21. The highest BCUT2D eigenvalue weighted by molar-refractivity contribution is 7.06. The Labute approximate surface area is 76.2 Å². The van der Waals surface area contributed by atoms with Gasteiger partial charge in [-0.05, 0) is 30.9 Å². The van der Waals surface area contributed by atoms with Crippen LogP contribution in [-0.2, 0) is 0 Å². The van der Waals surface area contributed by atoms with E-state index < -0.39 is 5.97 Å².